The van der Waals surface area contributed by atoms with Crippen LogP contribution in [0.3, 0.4) is 0 Å². The lowest BCUT2D eigenvalue weighted by Gasteiger charge is -2.13. The van der Waals surface area contributed by atoms with Crippen LogP contribution in [0, 0.1) is 0 Å². The molecule has 0 aliphatic rings. The van der Waals surface area contributed by atoms with E-state index in [2.05, 4.69) is 25.6 Å². The number of nitrogens with one attached hydrogen (secondary N) is 2. The minimum atomic E-state index is -3.46. The van der Waals surface area contributed by atoms with E-state index in [1.807, 2.05) is 0 Å². The van der Waals surface area contributed by atoms with E-state index in [0.29, 0.717) is 16.9 Å². The van der Waals surface area contributed by atoms with Gasteiger partial charge in [0.15, 0.2) is 0 Å². The molecule has 3 aromatic rings. The molecule has 27 heavy (non-hydrogen) atoms. The first-order valence-corrected chi connectivity index (χ1v) is 9.56. The summed E-state index contributed by atoms with van der Waals surface area (Å²) < 4.78 is 31.7. The number of amides is 1. The summed E-state index contributed by atoms with van der Waals surface area (Å²) in [6, 6.07) is 11.4. The lowest BCUT2D eigenvalue weighted by Crippen LogP contribution is -2.16. The zero-order chi connectivity index (χ0) is 19.4. The fourth-order valence-corrected chi connectivity index (χ4v) is 2.96. The number of anilines is 2. The van der Waals surface area contributed by atoms with Crippen molar-refractivity contribution in [2.24, 2.45) is 0 Å². The number of carbonyl (C=O) groups is 1. The number of sulfonamides is 1. The van der Waals surface area contributed by atoms with Gasteiger partial charge < -0.3 is 10.1 Å². The smallest absolute Gasteiger partial charge is 0.257 e. The van der Waals surface area contributed by atoms with Gasteiger partial charge in [0.05, 0.1) is 30.3 Å². The van der Waals surface area contributed by atoms with Gasteiger partial charge in [-0.25, -0.2) is 8.42 Å². The van der Waals surface area contributed by atoms with E-state index in [1.54, 1.807) is 30.3 Å². The van der Waals surface area contributed by atoms with E-state index >= 15 is 0 Å². The van der Waals surface area contributed by atoms with Crippen LogP contribution in [0.2, 0.25) is 0 Å². The first kappa shape index (κ1) is 18.3. The van der Waals surface area contributed by atoms with E-state index in [9.17, 15) is 13.2 Å². The summed E-state index contributed by atoms with van der Waals surface area (Å²) in [7, 11) is -2.05. The number of tetrazole rings is 1. The van der Waals surface area contributed by atoms with Crippen LogP contribution in [0.5, 0.6) is 5.75 Å². The van der Waals surface area contributed by atoms with E-state index in [0.717, 1.165) is 6.26 Å². The fraction of sp³-hybridized carbons (Fsp3) is 0.125. The molecule has 0 saturated heterocycles. The molecule has 1 amide bonds. The molecule has 0 radical (unpaired) electrons. The Hall–Kier alpha value is -3.47. The van der Waals surface area contributed by atoms with Crippen LogP contribution in [0.25, 0.3) is 5.69 Å². The number of aromatic nitrogens is 4. The minimum Gasteiger partial charge on any atom is -0.494 e. The zero-order valence-corrected chi connectivity index (χ0v) is 15.3. The molecule has 0 fully saturated rings. The Bertz CT molecular complexity index is 1070. The maximum atomic E-state index is 12.7. The van der Waals surface area contributed by atoms with Gasteiger partial charge >= 0.3 is 0 Å². The van der Waals surface area contributed by atoms with E-state index in [4.69, 9.17) is 4.74 Å². The summed E-state index contributed by atoms with van der Waals surface area (Å²) in [5.41, 5.74) is 1.58. The van der Waals surface area contributed by atoms with Gasteiger partial charge in [-0.15, -0.1) is 5.10 Å². The Labute approximate surface area is 155 Å². The summed E-state index contributed by atoms with van der Waals surface area (Å²) in [6.45, 7) is 0. The number of para-hydroxylation sites is 1. The monoisotopic (exact) mass is 388 g/mol. The Morgan fingerprint density at radius 1 is 1.19 bits per heavy atom. The summed E-state index contributed by atoms with van der Waals surface area (Å²) in [4.78, 5) is 12.7. The first-order valence-electron chi connectivity index (χ1n) is 7.67. The molecule has 0 bridgehead atoms. The van der Waals surface area contributed by atoms with Crippen molar-refractivity contribution in [3.8, 4) is 11.4 Å². The summed E-state index contributed by atoms with van der Waals surface area (Å²) in [5.74, 6) is -0.112. The third-order valence-electron chi connectivity index (χ3n) is 3.50. The highest BCUT2D eigenvalue weighted by atomic mass is 32.2. The second kappa shape index (κ2) is 7.41. The van der Waals surface area contributed by atoms with Crippen molar-refractivity contribution < 1.29 is 17.9 Å². The highest BCUT2D eigenvalue weighted by Gasteiger charge is 2.15. The molecular formula is C16H16N6O4S. The second-order valence-corrected chi connectivity index (χ2v) is 7.26. The van der Waals surface area contributed by atoms with Gasteiger partial charge in [-0.1, -0.05) is 12.1 Å². The molecule has 1 aromatic heterocycles. The average Bonchev–Trinajstić information content (AvgIpc) is 3.16. The van der Waals surface area contributed by atoms with Crippen LogP contribution in [-0.4, -0.2) is 47.9 Å². The minimum absolute atomic E-state index is 0.270. The molecule has 3 rings (SSSR count). The molecule has 11 heteroatoms. The third kappa shape index (κ3) is 4.39. The van der Waals surface area contributed by atoms with Crippen molar-refractivity contribution >= 4 is 27.3 Å². The molecule has 140 valence electrons. The molecular weight excluding hydrogens is 372 g/mol. The van der Waals surface area contributed by atoms with E-state index in [-0.39, 0.29) is 17.3 Å². The Balaban J connectivity index is 1.87. The Morgan fingerprint density at radius 2 is 1.96 bits per heavy atom. The number of nitrogens with zero attached hydrogens (tertiary/aromatic N) is 4. The topological polar surface area (TPSA) is 128 Å². The van der Waals surface area contributed by atoms with Crippen LogP contribution in [0.4, 0.5) is 11.4 Å². The molecule has 2 N–H and O–H groups in total. The zero-order valence-electron chi connectivity index (χ0n) is 14.4. The van der Waals surface area contributed by atoms with Crippen molar-refractivity contribution in [2.45, 2.75) is 0 Å². The normalized spacial score (nSPS) is 11.0. The maximum Gasteiger partial charge on any atom is 0.257 e. The number of hydrogen-bond donors (Lipinski definition) is 2. The molecule has 0 saturated carbocycles. The van der Waals surface area contributed by atoms with Crippen LogP contribution in [-0.2, 0) is 10.0 Å². The quantitative estimate of drug-likeness (QED) is 0.651. The van der Waals surface area contributed by atoms with Crippen LogP contribution in [0.1, 0.15) is 10.4 Å². The number of hydrogen-bond acceptors (Lipinski definition) is 7. The predicted molar refractivity (Wildman–Crippen MR) is 98.6 cm³/mol. The highest BCUT2D eigenvalue weighted by molar-refractivity contribution is 7.92. The van der Waals surface area contributed by atoms with Crippen molar-refractivity contribution in [1.29, 1.82) is 0 Å². The van der Waals surface area contributed by atoms with Gasteiger partial charge in [0.1, 0.15) is 12.1 Å². The molecule has 10 nitrogen and oxygen atoms in total. The lowest BCUT2D eigenvalue weighted by atomic mass is 10.1. The van der Waals surface area contributed by atoms with Gasteiger partial charge in [0.2, 0.25) is 10.0 Å². The number of benzene rings is 2. The van der Waals surface area contributed by atoms with Gasteiger partial charge in [-0.3, -0.25) is 9.52 Å². The van der Waals surface area contributed by atoms with Crippen molar-refractivity contribution in [1.82, 2.24) is 20.2 Å². The van der Waals surface area contributed by atoms with Crippen LogP contribution in [0.15, 0.2) is 48.8 Å². The SMILES string of the molecule is COc1cc(NC(=O)c2ccccc2-n2cnnn2)ccc1NS(C)(=O)=O. The molecule has 1 heterocycles. The molecule has 0 unspecified atom stereocenters. The van der Waals surface area contributed by atoms with Gasteiger partial charge in [-0.05, 0) is 34.7 Å². The molecule has 0 aliphatic heterocycles. The van der Waals surface area contributed by atoms with Crippen molar-refractivity contribution in [3.05, 3.63) is 54.4 Å². The van der Waals surface area contributed by atoms with Crippen molar-refractivity contribution in [3.63, 3.8) is 0 Å². The standard InChI is InChI=1S/C16H16N6O4S/c1-26-15-9-11(7-8-13(15)19-27(2,24)25)18-16(23)12-5-3-4-6-14(12)22-10-17-20-21-22/h3-10,19H,1-2H3,(H,18,23). The summed E-state index contributed by atoms with van der Waals surface area (Å²) >= 11 is 0. The van der Waals surface area contributed by atoms with Gasteiger partial charge in [0, 0.05) is 11.8 Å². The molecule has 0 atom stereocenters. The van der Waals surface area contributed by atoms with E-state index < -0.39 is 10.0 Å². The average molecular weight is 388 g/mol. The predicted octanol–water partition coefficient (Wildman–Crippen LogP) is 1.29. The fourth-order valence-electron chi connectivity index (χ4n) is 2.39. The Kier molecular flexibility index (Phi) is 5.03. The number of carbonyl (C=O) groups excluding carboxylic acids is 1. The van der Waals surface area contributed by atoms with Crippen LogP contribution >= 0.6 is 0 Å². The van der Waals surface area contributed by atoms with Gasteiger partial charge in [-0.2, -0.15) is 4.68 Å². The number of ether oxygens (including phenoxy) is 1. The maximum absolute atomic E-state index is 12.7. The second-order valence-electron chi connectivity index (χ2n) is 5.51. The largest absolute Gasteiger partial charge is 0.494 e. The highest BCUT2D eigenvalue weighted by Crippen LogP contribution is 2.29. The Morgan fingerprint density at radius 3 is 2.63 bits per heavy atom. The third-order valence-corrected chi connectivity index (χ3v) is 4.09. The summed E-state index contributed by atoms with van der Waals surface area (Å²) in [6.07, 6.45) is 2.43. The van der Waals surface area contributed by atoms with Crippen LogP contribution < -0.4 is 14.8 Å². The van der Waals surface area contributed by atoms with Crippen molar-refractivity contribution in [2.75, 3.05) is 23.4 Å². The van der Waals surface area contributed by atoms with E-state index in [1.165, 1.54) is 30.3 Å². The van der Waals surface area contributed by atoms with Gasteiger partial charge in [0.25, 0.3) is 5.91 Å². The number of methoxy groups -OCH3 is 1. The molecule has 2 aromatic carbocycles. The first-order chi connectivity index (χ1) is 12.9. The lowest BCUT2D eigenvalue weighted by molar-refractivity contribution is 0.102. The molecule has 0 aliphatic carbocycles. The molecule has 0 spiro atoms. The summed E-state index contributed by atoms with van der Waals surface area (Å²) in [5, 5.41) is 13.7. The number of rotatable bonds is 6.